The van der Waals surface area contributed by atoms with Gasteiger partial charge in [0.1, 0.15) is 5.82 Å². The average Bonchev–Trinajstić information content (AvgIpc) is 2.86. The first-order chi connectivity index (χ1) is 10.6. The summed E-state index contributed by atoms with van der Waals surface area (Å²) in [7, 11) is -7.54. The van der Waals surface area contributed by atoms with E-state index >= 15 is 0 Å². The highest BCUT2D eigenvalue weighted by Crippen LogP contribution is 2.27. The van der Waals surface area contributed by atoms with Gasteiger partial charge in [-0.15, -0.1) is 0 Å². The largest absolute Gasteiger partial charge is 0.330 e. The Bertz CT molecular complexity index is 780. The van der Waals surface area contributed by atoms with Gasteiger partial charge in [0, 0.05) is 6.04 Å². The summed E-state index contributed by atoms with van der Waals surface area (Å²) in [5.74, 6) is -0.888. The molecule has 1 aromatic carbocycles. The smallest absolute Gasteiger partial charge is 0.240 e. The van der Waals surface area contributed by atoms with Crippen LogP contribution in [0.2, 0.25) is 0 Å². The van der Waals surface area contributed by atoms with E-state index in [0.29, 0.717) is 13.0 Å². The monoisotopic (exact) mass is 365 g/mol. The van der Waals surface area contributed by atoms with Crippen molar-refractivity contribution in [2.45, 2.75) is 30.2 Å². The van der Waals surface area contributed by atoms with Crippen LogP contribution in [-0.4, -0.2) is 35.7 Å². The lowest BCUT2D eigenvalue weighted by atomic mass is 10.1. The molecular weight excluding hydrogens is 345 g/mol. The molecule has 23 heavy (non-hydrogen) atoms. The van der Waals surface area contributed by atoms with Gasteiger partial charge in [-0.3, -0.25) is 4.72 Å². The van der Waals surface area contributed by atoms with Gasteiger partial charge in [-0.05, 0) is 43.5 Å². The van der Waals surface area contributed by atoms with E-state index in [1.54, 1.807) is 0 Å². The third-order valence-electron chi connectivity index (χ3n) is 3.81. The fourth-order valence-electron chi connectivity index (χ4n) is 2.69. The third kappa shape index (κ3) is 4.63. The third-order valence-corrected chi connectivity index (χ3v) is 5.89. The molecule has 0 amide bonds. The van der Waals surface area contributed by atoms with Gasteiger partial charge in [-0.25, -0.2) is 25.9 Å². The molecule has 1 aliphatic carbocycles. The number of nitrogens with two attached hydrogens (primary N) is 1. The zero-order valence-electron chi connectivity index (χ0n) is 12.6. The lowest BCUT2D eigenvalue weighted by Gasteiger charge is -2.19. The van der Waals surface area contributed by atoms with Crippen LogP contribution < -0.4 is 15.2 Å². The highest BCUT2D eigenvalue weighted by atomic mass is 32.2. The Morgan fingerprint density at radius 3 is 2.52 bits per heavy atom. The predicted molar refractivity (Wildman–Crippen MR) is 85.4 cm³/mol. The van der Waals surface area contributed by atoms with E-state index < -0.39 is 25.9 Å². The molecule has 4 N–H and O–H groups in total. The van der Waals surface area contributed by atoms with Gasteiger partial charge in [-0.2, -0.15) is 0 Å². The van der Waals surface area contributed by atoms with Crippen molar-refractivity contribution in [1.82, 2.24) is 4.72 Å². The second kappa shape index (κ2) is 6.71. The predicted octanol–water partition coefficient (Wildman–Crippen LogP) is 0.603. The molecule has 0 spiro atoms. The molecule has 10 heteroatoms. The summed E-state index contributed by atoms with van der Waals surface area (Å²) in [6.45, 7) is 0.388. The van der Waals surface area contributed by atoms with Crippen LogP contribution in [-0.2, 0) is 20.0 Å². The Kier molecular flexibility index (Phi) is 5.29. The van der Waals surface area contributed by atoms with Crippen molar-refractivity contribution in [2.24, 2.45) is 11.7 Å². The maximum atomic E-state index is 13.9. The molecule has 0 radical (unpaired) electrons. The Hall–Kier alpha value is -1.23. The van der Waals surface area contributed by atoms with Gasteiger partial charge in [0.05, 0.1) is 16.8 Å². The average molecular weight is 365 g/mol. The molecule has 1 aromatic rings. The van der Waals surface area contributed by atoms with Crippen molar-refractivity contribution in [3.05, 3.63) is 24.0 Å². The summed E-state index contributed by atoms with van der Waals surface area (Å²) in [5, 5.41) is 0. The number of sulfonamides is 2. The van der Waals surface area contributed by atoms with Crippen LogP contribution in [0.1, 0.15) is 19.3 Å². The topological polar surface area (TPSA) is 118 Å². The molecule has 0 heterocycles. The number of hydrogen-bond acceptors (Lipinski definition) is 5. The van der Waals surface area contributed by atoms with Crippen LogP contribution >= 0.6 is 0 Å². The Labute approximate surface area is 135 Å². The first-order valence-electron chi connectivity index (χ1n) is 7.12. The second-order valence-electron chi connectivity index (χ2n) is 5.67. The molecule has 7 nitrogen and oxygen atoms in total. The second-order valence-corrected chi connectivity index (χ2v) is 9.13. The molecule has 1 aliphatic rings. The quantitative estimate of drug-likeness (QED) is 0.682. The minimum absolute atomic E-state index is 0.0702. The summed E-state index contributed by atoms with van der Waals surface area (Å²) >= 11 is 0. The maximum absolute atomic E-state index is 13.9. The first-order valence-corrected chi connectivity index (χ1v) is 10.5. The van der Waals surface area contributed by atoms with Crippen molar-refractivity contribution in [2.75, 3.05) is 17.5 Å². The number of rotatable bonds is 6. The van der Waals surface area contributed by atoms with E-state index in [9.17, 15) is 21.2 Å². The van der Waals surface area contributed by atoms with Gasteiger partial charge in [0.25, 0.3) is 0 Å². The standard InChI is InChI=1S/C13H20FN3O4S2/c1-22(18,19)16-13-6-5-10(7-11(13)14)23(20,21)17-12-4-2-3-9(12)8-15/h5-7,9,12,16-17H,2-4,8,15H2,1H3. The minimum atomic E-state index is -3.89. The van der Waals surface area contributed by atoms with Crippen molar-refractivity contribution in [3.63, 3.8) is 0 Å². The van der Waals surface area contributed by atoms with Crippen molar-refractivity contribution < 1.29 is 21.2 Å². The molecule has 130 valence electrons. The van der Waals surface area contributed by atoms with Crippen LogP contribution in [0.25, 0.3) is 0 Å². The lowest BCUT2D eigenvalue weighted by Crippen LogP contribution is -2.39. The Balaban J connectivity index is 2.22. The summed E-state index contributed by atoms with van der Waals surface area (Å²) < 4.78 is 65.4. The molecule has 0 saturated heterocycles. The Morgan fingerprint density at radius 1 is 1.26 bits per heavy atom. The van der Waals surface area contributed by atoms with Gasteiger partial charge < -0.3 is 5.73 Å². The number of anilines is 1. The van der Waals surface area contributed by atoms with Crippen LogP contribution in [0, 0.1) is 11.7 Å². The van der Waals surface area contributed by atoms with E-state index in [1.807, 2.05) is 4.72 Å². The first kappa shape index (κ1) is 18.1. The minimum Gasteiger partial charge on any atom is -0.330 e. The van der Waals surface area contributed by atoms with Crippen LogP contribution in [0.5, 0.6) is 0 Å². The summed E-state index contributed by atoms with van der Waals surface area (Å²) in [6.07, 6.45) is 3.32. The number of hydrogen-bond donors (Lipinski definition) is 3. The van der Waals surface area contributed by atoms with E-state index in [4.69, 9.17) is 5.73 Å². The SMILES string of the molecule is CS(=O)(=O)Nc1ccc(S(=O)(=O)NC2CCCC2CN)cc1F. The molecule has 0 aromatic heterocycles. The fraction of sp³-hybridized carbons (Fsp3) is 0.538. The van der Waals surface area contributed by atoms with Crippen LogP contribution in [0.15, 0.2) is 23.1 Å². The van der Waals surface area contributed by atoms with E-state index in [-0.39, 0.29) is 22.5 Å². The lowest BCUT2D eigenvalue weighted by molar-refractivity contribution is 0.452. The summed E-state index contributed by atoms with van der Waals surface area (Å²) in [4.78, 5) is -0.253. The van der Waals surface area contributed by atoms with Crippen molar-refractivity contribution in [3.8, 4) is 0 Å². The molecule has 0 bridgehead atoms. The molecule has 2 rings (SSSR count). The van der Waals surface area contributed by atoms with Gasteiger partial charge in [0.2, 0.25) is 20.0 Å². The zero-order chi connectivity index (χ0) is 17.3. The number of halogens is 1. The van der Waals surface area contributed by atoms with E-state index in [2.05, 4.69) is 4.72 Å². The Morgan fingerprint density at radius 2 is 1.96 bits per heavy atom. The molecule has 0 aliphatic heterocycles. The molecule has 1 fully saturated rings. The van der Waals surface area contributed by atoms with Crippen molar-refractivity contribution in [1.29, 1.82) is 0 Å². The van der Waals surface area contributed by atoms with Crippen LogP contribution in [0.4, 0.5) is 10.1 Å². The van der Waals surface area contributed by atoms with Gasteiger partial charge in [0.15, 0.2) is 0 Å². The van der Waals surface area contributed by atoms with Gasteiger partial charge >= 0.3 is 0 Å². The molecule has 2 atom stereocenters. The highest BCUT2D eigenvalue weighted by molar-refractivity contribution is 7.92. The molecular formula is C13H20FN3O4S2. The summed E-state index contributed by atoms with van der Waals surface area (Å²) in [5.41, 5.74) is 5.33. The van der Waals surface area contributed by atoms with Crippen LogP contribution in [0.3, 0.4) is 0 Å². The number of nitrogens with one attached hydrogen (secondary N) is 2. The normalized spacial score (nSPS) is 22.2. The van der Waals surface area contributed by atoms with E-state index in [0.717, 1.165) is 37.3 Å². The fourth-order valence-corrected chi connectivity index (χ4v) is 4.60. The highest BCUT2D eigenvalue weighted by Gasteiger charge is 2.30. The zero-order valence-corrected chi connectivity index (χ0v) is 14.3. The maximum Gasteiger partial charge on any atom is 0.240 e. The van der Waals surface area contributed by atoms with Crippen molar-refractivity contribution >= 4 is 25.7 Å². The number of benzene rings is 1. The van der Waals surface area contributed by atoms with Gasteiger partial charge in [-0.1, -0.05) is 6.42 Å². The molecule has 2 unspecified atom stereocenters. The van der Waals surface area contributed by atoms with E-state index in [1.165, 1.54) is 0 Å². The molecule has 1 saturated carbocycles. The summed E-state index contributed by atoms with van der Waals surface area (Å²) in [6, 6.07) is 2.77.